The molecule has 0 aromatic carbocycles. The van der Waals surface area contributed by atoms with E-state index in [0.29, 0.717) is 12.2 Å². The maximum Gasteiger partial charge on any atom is 0.207 e. The first kappa shape index (κ1) is 12.1. The number of amides is 1. The van der Waals surface area contributed by atoms with E-state index in [1.165, 1.54) is 21.6 Å². The van der Waals surface area contributed by atoms with Crippen molar-refractivity contribution in [3.8, 4) is 0 Å². The molecule has 4 nitrogen and oxygen atoms in total. The first-order valence-electron chi connectivity index (χ1n) is 4.22. The molecule has 1 unspecified atom stereocenters. The number of nitrogens with one attached hydrogen (secondary N) is 1. The van der Waals surface area contributed by atoms with E-state index in [4.69, 9.17) is 0 Å². The highest BCUT2D eigenvalue weighted by Crippen LogP contribution is 2.28. The Morgan fingerprint density at radius 1 is 1.47 bits per heavy atom. The zero-order valence-electron chi connectivity index (χ0n) is 7.83. The molecule has 1 aromatic rings. The summed E-state index contributed by atoms with van der Waals surface area (Å²) in [5, 5.41) is 3.30. The summed E-state index contributed by atoms with van der Waals surface area (Å²) in [4.78, 5) is 24.7. The van der Waals surface area contributed by atoms with Crippen molar-refractivity contribution in [2.75, 3.05) is 5.75 Å². The average Bonchev–Trinajstić information content (AvgIpc) is 2.29. The predicted molar refractivity (Wildman–Crippen MR) is 61.6 cm³/mol. The molecular formula is C9H10N2O2S2. The normalized spacial score (nSPS) is 11.7. The van der Waals surface area contributed by atoms with Gasteiger partial charge < -0.3 is 10.1 Å². The summed E-state index contributed by atoms with van der Waals surface area (Å²) in [5.74, 6) is 0.531. The lowest BCUT2D eigenvalue weighted by Crippen LogP contribution is -2.31. The molecule has 0 radical (unpaired) electrons. The van der Waals surface area contributed by atoms with E-state index in [0.717, 1.165) is 11.3 Å². The Labute approximate surface area is 95.6 Å². The van der Waals surface area contributed by atoms with Gasteiger partial charge in [-0.25, -0.2) is 4.98 Å². The Kier molecular flexibility index (Phi) is 5.87. The molecule has 1 heterocycles. The zero-order valence-corrected chi connectivity index (χ0v) is 9.46. The minimum Gasteiger partial charge on any atom is -0.348 e. The van der Waals surface area contributed by atoms with Crippen LogP contribution in [0.5, 0.6) is 0 Å². The van der Waals surface area contributed by atoms with E-state index in [9.17, 15) is 9.59 Å². The highest BCUT2D eigenvalue weighted by Gasteiger charge is 2.05. The SMILES string of the molecule is O=CNC(C=O)CSSc1ccccn1. The Morgan fingerprint density at radius 2 is 2.33 bits per heavy atom. The molecule has 0 saturated heterocycles. The highest BCUT2D eigenvalue weighted by molar-refractivity contribution is 8.76. The van der Waals surface area contributed by atoms with Gasteiger partial charge in [-0.3, -0.25) is 4.79 Å². The summed E-state index contributed by atoms with van der Waals surface area (Å²) < 4.78 is 0. The van der Waals surface area contributed by atoms with E-state index in [2.05, 4.69) is 10.3 Å². The quantitative estimate of drug-likeness (QED) is 0.574. The Morgan fingerprint density at radius 3 is 2.93 bits per heavy atom. The van der Waals surface area contributed by atoms with Crippen LogP contribution in [0.15, 0.2) is 29.4 Å². The van der Waals surface area contributed by atoms with Crippen LogP contribution in [-0.4, -0.2) is 29.5 Å². The molecule has 0 aliphatic rings. The second-order valence-corrected chi connectivity index (χ2v) is 4.92. The number of nitrogens with zero attached hydrogens (tertiary/aromatic N) is 1. The minimum absolute atomic E-state index is 0.427. The van der Waals surface area contributed by atoms with Crippen LogP contribution in [0.3, 0.4) is 0 Å². The van der Waals surface area contributed by atoms with Crippen LogP contribution < -0.4 is 5.32 Å². The Hall–Kier alpha value is -1.01. The molecule has 80 valence electrons. The second-order valence-electron chi connectivity index (χ2n) is 2.56. The fraction of sp³-hybridized carbons (Fsp3) is 0.222. The van der Waals surface area contributed by atoms with Crippen molar-refractivity contribution in [3.05, 3.63) is 24.4 Å². The zero-order chi connectivity index (χ0) is 10.9. The first-order valence-corrected chi connectivity index (χ1v) is 6.54. The lowest BCUT2D eigenvalue weighted by molar-refractivity contribution is -0.114. The maximum atomic E-state index is 10.5. The van der Waals surface area contributed by atoms with Crippen LogP contribution in [0.1, 0.15) is 0 Å². The van der Waals surface area contributed by atoms with Crippen LogP contribution in [-0.2, 0) is 9.59 Å². The van der Waals surface area contributed by atoms with E-state index in [1.54, 1.807) is 6.20 Å². The fourth-order valence-corrected chi connectivity index (χ4v) is 2.83. The maximum absolute atomic E-state index is 10.5. The summed E-state index contributed by atoms with van der Waals surface area (Å²) in [5.41, 5.74) is 0. The van der Waals surface area contributed by atoms with E-state index in [1.807, 2.05) is 18.2 Å². The summed E-state index contributed by atoms with van der Waals surface area (Å²) >= 11 is 0. The third-order valence-electron chi connectivity index (χ3n) is 1.48. The van der Waals surface area contributed by atoms with Crippen LogP contribution in [0.2, 0.25) is 0 Å². The standard InChI is InChI=1S/C9H10N2O2S2/c12-5-8(11-7-13)6-14-15-9-3-1-2-4-10-9/h1-5,7-8H,6H2,(H,11,13). The van der Waals surface area contributed by atoms with Crippen molar-refractivity contribution in [3.63, 3.8) is 0 Å². The van der Waals surface area contributed by atoms with Crippen LogP contribution in [0, 0.1) is 0 Å². The van der Waals surface area contributed by atoms with E-state index < -0.39 is 6.04 Å². The van der Waals surface area contributed by atoms with E-state index in [-0.39, 0.29) is 0 Å². The van der Waals surface area contributed by atoms with Gasteiger partial charge >= 0.3 is 0 Å². The minimum atomic E-state index is -0.427. The van der Waals surface area contributed by atoms with Gasteiger partial charge in [0.05, 0.1) is 6.04 Å². The van der Waals surface area contributed by atoms with Gasteiger partial charge in [-0.15, -0.1) is 0 Å². The lowest BCUT2D eigenvalue weighted by atomic mass is 10.4. The molecule has 6 heteroatoms. The highest BCUT2D eigenvalue weighted by atomic mass is 33.1. The van der Waals surface area contributed by atoms with Gasteiger partial charge in [-0.2, -0.15) is 0 Å². The number of rotatable bonds is 7. The van der Waals surface area contributed by atoms with Crippen molar-refractivity contribution in [1.82, 2.24) is 10.3 Å². The smallest absolute Gasteiger partial charge is 0.207 e. The summed E-state index contributed by atoms with van der Waals surface area (Å²) in [6.45, 7) is 0. The molecule has 15 heavy (non-hydrogen) atoms. The number of carbonyl (C=O) groups is 2. The van der Waals surface area contributed by atoms with Crippen LogP contribution in [0.4, 0.5) is 0 Å². The van der Waals surface area contributed by atoms with Crippen molar-refractivity contribution < 1.29 is 9.59 Å². The third kappa shape index (κ3) is 4.85. The molecule has 0 bridgehead atoms. The third-order valence-corrected chi connectivity index (χ3v) is 3.78. The number of aldehydes is 1. The van der Waals surface area contributed by atoms with Crippen LogP contribution >= 0.6 is 21.6 Å². The molecule has 0 fully saturated rings. The molecule has 0 aliphatic heterocycles. The molecular weight excluding hydrogens is 232 g/mol. The molecule has 1 amide bonds. The Bertz CT molecular complexity index is 308. The van der Waals surface area contributed by atoms with Crippen molar-refractivity contribution in [2.24, 2.45) is 0 Å². The molecule has 1 aromatic heterocycles. The van der Waals surface area contributed by atoms with Gasteiger partial charge in [-0.1, -0.05) is 16.9 Å². The largest absolute Gasteiger partial charge is 0.348 e. The first-order chi connectivity index (χ1) is 7.36. The van der Waals surface area contributed by atoms with Crippen molar-refractivity contribution >= 4 is 34.3 Å². The predicted octanol–water partition coefficient (Wildman–Crippen LogP) is 1.14. The second kappa shape index (κ2) is 7.30. The number of hydrogen-bond acceptors (Lipinski definition) is 5. The number of hydrogen-bond donors (Lipinski definition) is 1. The van der Waals surface area contributed by atoms with Gasteiger partial charge in [0.2, 0.25) is 6.41 Å². The molecule has 1 rings (SSSR count). The Balaban J connectivity index is 2.26. The van der Waals surface area contributed by atoms with E-state index >= 15 is 0 Å². The molecule has 1 atom stereocenters. The monoisotopic (exact) mass is 242 g/mol. The van der Waals surface area contributed by atoms with Gasteiger partial charge in [0.1, 0.15) is 11.3 Å². The number of aromatic nitrogens is 1. The molecule has 1 N–H and O–H groups in total. The molecule has 0 aliphatic carbocycles. The van der Waals surface area contributed by atoms with Gasteiger partial charge in [0.25, 0.3) is 0 Å². The summed E-state index contributed by atoms with van der Waals surface area (Å²) in [6, 6.07) is 5.21. The van der Waals surface area contributed by atoms with Gasteiger partial charge in [-0.05, 0) is 22.9 Å². The lowest BCUT2D eigenvalue weighted by Gasteiger charge is -2.06. The summed E-state index contributed by atoms with van der Waals surface area (Å²) in [6.07, 6.45) is 2.97. The van der Waals surface area contributed by atoms with Gasteiger partial charge in [0.15, 0.2) is 0 Å². The topological polar surface area (TPSA) is 59.1 Å². The van der Waals surface area contributed by atoms with Crippen molar-refractivity contribution in [2.45, 2.75) is 11.1 Å². The van der Waals surface area contributed by atoms with Crippen LogP contribution in [0.25, 0.3) is 0 Å². The molecule has 0 spiro atoms. The molecule has 0 saturated carbocycles. The number of carbonyl (C=O) groups excluding carboxylic acids is 2. The number of pyridine rings is 1. The summed E-state index contributed by atoms with van der Waals surface area (Å²) in [7, 11) is 2.96. The fourth-order valence-electron chi connectivity index (χ4n) is 0.778. The van der Waals surface area contributed by atoms with Crippen molar-refractivity contribution in [1.29, 1.82) is 0 Å². The van der Waals surface area contributed by atoms with Gasteiger partial charge in [0, 0.05) is 11.9 Å². The average molecular weight is 242 g/mol.